The zero-order valence-electron chi connectivity index (χ0n) is 13.7. The highest BCUT2D eigenvalue weighted by atomic mass is 32.1. The molecule has 26 heavy (non-hydrogen) atoms. The van der Waals surface area contributed by atoms with E-state index in [2.05, 4.69) is 19.9 Å². The summed E-state index contributed by atoms with van der Waals surface area (Å²) in [6, 6.07) is 5.20. The molecule has 9 nitrogen and oxygen atoms in total. The SMILES string of the molecule is COC(=O)c1[nH]c2cccc(OC)c2c1N=Cc1c(O)[nH]c(=S)[nH]c1=O. The summed E-state index contributed by atoms with van der Waals surface area (Å²) in [5.41, 5.74) is 0.135. The maximum atomic E-state index is 12.1. The first kappa shape index (κ1) is 17.4. The fraction of sp³-hybridized carbons (Fsp3) is 0.125. The Bertz CT molecular complexity index is 1140. The van der Waals surface area contributed by atoms with Crippen molar-refractivity contribution in [3.05, 3.63) is 44.6 Å². The molecule has 0 saturated heterocycles. The Morgan fingerprint density at radius 3 is 2.69 bits per heavy atom. The minimum atomic E-state index is -0.638. The predicted molar refractivity (Wildman–Crippen MR) is 97.4 cm³/mol. The molecule has 0 aliphatic carbocycles. The number of nitrogens with one attached hydrogen (secondary N) is 3. The number of carbonyl (C=O) groups excluding carboxylic acids is 1. The first-order valence-electron chi connectivity index (χ1n) is 7.33. The maximum Gasteiger partial charge on any atom is 0.356 e. The van der Waals surface area contributed by atoms with Gasteiger partial charge >= 0.3 is 5.97 Å². The van der Waals surface area contributed by atoms with Crippen LogP contribution in [0.4, 0.5) is 5.69 Å². The van der Waals surface area contributed by atoms with Crippen LogP contribution in [0, 0.1) is 4.77 Å². The molecule has 0 bridgehead atoms. The van der Waals surface area contributed by atoms with E-state index in [9.17, 15) is 14.7 Å². The van der Waals surface area contributed by atoms with Gasteiger partial charge in [0.15, 0.2) is 10.5 Å². The van der Waals surface area contributed by atoms with Crippen molar-refractivity contribution in [3.63, 3.8) is 0 Å². The standard InChI is InChI=1S/C16H14N4O5S/c1-24-9-5-3-4-8-10(9)11(12(18-8)15(23)25-2)17-6-7-13(21)19-16(26)20-14(7)22/h3-6,18H,1-2H3,(H3,19,20,21,22,26). The number of ether oxygens (including phenoxy) is 2. The third-order valence-corrected chi connectivity index (χ3v) is 3.85. The lowest BCUT2D eigenvalue weighted by atomic mass is 10.2. The summed E-state index contributed by atoms with van der Waals surface area (Å²) in [6.45, 7) is 0. The van der Waals surface area contributed by atoms with Crippen LogP contribution in [-0.2, 0) is 4.74 Å². The second kappa shape index (κ2) is 6.84. The number of carbonyl (C=O) groups is 1. The van der Waals surface area contributed by atoms with Gasteiger partial charge in [-0.05, 0) is 24.4 Å². The van der Waals surface area contributed by atoms with Crippen LogP contribution in [-0.4, -0.2) is 46.5 Å². The average Bonchev–Trinajstić information content (AvgIpc) is 2.99. The van der Waals surface area contributed by atoms with Gasteiger partial charge in [-0.25, -0.2) is 4.79 Å². The number of esters is 1. The van der Waals surface area contributed by atoms with E-state index in [1.165, 1.54) is 14.2 Å². The van der Waals surface area contributed by atoms with Crippen LogP contribution in [0.1, 0.15) is 16.1 Å². The summed E-state index contributed by atoms with van der Waals surface area (Å²) < 4.78 is 10.1. The highest BCUT2D eigenvalue weighted by Gasteiger charge is 2.20. The van der Waals surface area contributed by atoms with Crippen molar-refractivity contribution in [1.82, 2.24) is 15.0 Å². The molecule has 0 amide bonds. The monoisotopic (exact) mass is 374 g/mol. The van der Waals surface area contributed by atoms with E-state index in [-0.39, 0.29) is 21.7 Å². The third kappa shape index (κ3) is 2.97. The van der Waals surface area contributed by atoms with Gasteiger partial charge in [-0.3, -0.25) is 14.8 Å². The van der Waals surface area contributed by atoms with E-state index in [1.54, 1.807) is 18.2 Å². The second-order valence-electron chi connectivity index (χ2n) is 5.15. The van der Waals surface area contributed by atoms with E-state index < -0.39 is 17.4 Å². The molecule has 10 heteroatoms. The van der Waals surface area contributed by atoms with Crippen LogP contribution < -0.4 is 10.3 Å². The highest BCUT2D eigenvalue weighted by molar-refractivity contribution is 7.71. The smallest absolute Gasteiger partial charge is 0.356 e. The van der Waals surface area contributed by atoms with E-state index in [4.69, 9.17) is 21.7 Å². The molecule has 0 saturated carbocycles. The van der Waals surface area contributed by atoms with Crippen molar-refractivity contribution in [2.24, 2.45) is 4.99 Å². The number of rotatable bonds is 4. The summed E-state index contributed by atoms with van der Waals surface area (Å²) in [7, 11) is 2.73. The van der Waals surface area contributed by atoms with E-state index in [0.29, 0.717) is 16.7 Å². The summed E-state index contributed by atoms with van der Waals surface area (Å²) >= 11 is 4.78. The zero-order valence-corrected chi connectivity index (χ0v) is 14.6. The van der Waals surface area contributed by atoms with E-state index in [0.717, 1.165) is 6.21 Å². The number of hydrogen-bond donors (Lipinski definition) is 4. The Kier molecular flexibility index (Phi) is 4.59. The number of nitrogens with zero attached hydrogens (tertiary/aromatic N) is 1. The van der Waals surface area contributed by atoms with Gasteiger partial charge < -0.3 is 24.5 Å². The number of aromatic hydroxyl groups is 1. The molecule has 0 radical (unpaired) electrons. The van der Waals surface area contributed by atoms with Crippen molar-refractivity contribution < 1.29 is 19.4 Å². The number of aromatic nitrogens is 3. The maximum absolute atomic E-state index is 12.1. The summed E-state index contributed by atoms with van der Waals surface area (Å²) in [5, 5.41) is 10.4. The van der Waals surface area contributed by atoms with Gasteiger partial charge in [0.1, 0.15) is 17.0 Å². The normalized spacial score (nSPS) is 11.2. The molecule has 1 aromatic carbocycles. The molecule has 0 spiro atoms. The third-order valence-electron chi connectivity index (χ3n) is 3.65. The topological polar surface area (TPSA) is 133 Å². The quantitative estimate of drug-likeness (QED) is 0.314. The molecule has 3 rings (SSSR count). The van der Waals surface area contributed by atoms with Crippen molar-refractivity contribution in [2.75, 3.05) is 14.2 Å². The van der Waals surface area contributed by atoms with Gasteiger partial charge in [0, 0.05) is 6.21 Å². The number of methoxy groups -OCH3 is 2. The molecule has 0 aliphatic heterocycles. The number of benzene rings is 1. The van der Waals surface area contributed by atoms with E-state index >= 15 is 0 Å². The lowest BCUT2D eigenvalue weighted by Gasteiger charge is -2.03. The first-order chi connectivity index (χ1) is 12.5. The van der Waals surface area contributed by atoms with Crippen LogP contribution in [0.25, 0.3) is 10.9 Å². The van der Waals surface area contributed by atoms with Gasteiger partial charge in [-0.2, -0.15) is 0 Å². The molecule has 2 heterocycles. The Morgan fingerprint density at radius 2 is 2.04 bits per heavy atom. The van der Waals surface area contributed by atoms with Crippen LogP contribution in [0.2, 0.25) is 0 Å². The van der Waals surface area contributed by atoms with Crippen LogP contribution >= 0.6 is 12.2 Å². The Morgan fingerprint density at radius 1 is 1.27 bits per heavy atom. The fourth-order valence-corrected chi connectivity index (χ4v) is 2.67. The fourth-order valence-electron chi connectivity index (χ4n) is 2.48. The molecule has 0 aliphatic rings. The molecule has 4 N–H and O–H groups in total. The first-order valence-corrected chi connectivity index (χ1v) is 7.73. The number of aliphatic imine (C=N–C) groups is 1. The second-order valence-corrected chi connectivity index (χ2v) is 5.56. The number of aromatic amines is 3. The number of hydrogen-bond acceptors (Lipinski definition) is 7. The number of fused-ring (bicyclic) bond motifs is 1. The zero-order chi connectivity index (χ0) is 18.8. The van der Waals surface area contributed by atoms with Crippen LogP contribution in [0.3, 0.4) is 0 Å². The number of H-pyrrole nitrogens is 3. The lowest BCUT2D eigenvalue weighted by Crippen LogP contribution is -2.13. The largest absolute Gasteiger partial charge is 0.496 e. The van der Waals surface area contributed by atoms with Gasteiger partial charge in [-0.1, -0.05) is 6.07 Å². The van der Waals surface area contributed by atoms with Gasteiger partial charge in [0.05, 0.1) is 25.1 Å². The van der Waals surface area contributed by atoms with Crippen LogP contribution in [0.15, 0.2) is 28.0 Å². The van der Waals surface area contributed by atoms with Gasteiger partial charge in [-0.15, -0.1) is 0 Å². The molecular weight excluding hydrogens is 360 g/mol. The molecular formula is C16H14N4O5S. The summed E-state index contributed by atoms with van der Waals surface area (Å²) in [5.74, 6) is -0.596. The van der Waals surface area contributed by atoms with Crippen molar-refractivity contribution >= 4 is 41.0 Å². The highest BCUT2D eigenvalue weighted by Crippen LogP contribution is 2.37. The molecule has 0 fully saturated rings. The van der Waals surface area contributed by atoms with Crippen molar-refractivity contribution in [1.29, 1.82) is 0 Å². The Hall–Kier alpha value is -3.40. The lowest BCUT2D eigenvalue weighted by molar-refractivity contribution is 0.0596. The minimum Gasteiger partial charge on any atom is -0.496 e. The Balaban J connectivity index is 2.25. The van der Waals surface area contributed by atoms with Gasteiger partial charge in [0.2, 0.25) is 5.88 Å². The van der Waals surface area contributed by atoms with Gasteiger partial charge in [0.25, 0.3) is 5.56 Å². The van der Waals surface area contributed by atoms with E-state index in [1.807, 2.05) is 0 Å². The summed E-state index contributed by atoms with van der Waals surface area (Å²) in [4.78, 5) is 36.0. The minimum absolute atomic E-state index is 0.0198. The summed E-state index contributed by atoms with van der Waals surface area (Å²) in [6.07, 6.45) is 1.13. The molecule has 3 aromatic rings. The molecule has 134 valence electrons. The Labute approximate surface area is 151 Å². The molecule has 0 unspecified atom stereocenters. The van der Waals surface area contributed by atoms with Crippen LogP contribution in [0.5, 0.6) is 11.6 Å². The predicted octanol–water partition coefficient (Wildman–Crippen LogP) is 2.17. The van der Waals surface area contributed by atoms with Crippen molar-refractivity contribution in [2.45, 2.75) is 0 Å². The average molecular weight is 374 g/mol. The molecule has 2 aromatic heterocycles. The molecule has 0 atom stereocenters. The van der Waals surface area contributed by atoms with Crippen molar-refractivity contribution in [3.8, 4) is 11.6 Å².